The Morgan fingerprint density at radius 2 is 1.82 bits per heavy atom. The van der Waals surface area contributed by atoms with E-state index in [0.29, 0.717) is 13.1 Å². The maximum absolute atomic E-state index is 12.1. The summed E-state index contributed by atoms with van der Waals surface area (Å²) in [5.41, 5.74) is 3.07. The van der Waals surface area contributed by atoms with Crippen LogP contribution in [0.1, 0.15) is 11.1 Å². The SMILES string of the molecule is COc1ccc(CN(C)CC(=O)Nc2ccccc2C)cc1. The van der Waals surface area contributed by atoms with Crippen molar-refractivity contribution >= 4 is 11.6 Å². The third kappa shape index (κ3) is 4.60. The molecule has 22 heavy (non-hydrogen) atoms. The molecule has 0 atom stereocenters. The summed E-state index contributed by atoms with van der Waals surface area (Å²) in [6, 6.07) is 15.6. The van der Waals surface area contributed by atoms with Crippen molar-refractivity contribution in [3.8, 4) is 5.75 Å². The van der Waals surface area contributed by atoms with Crippen LogP contribution in [0.2, 0.25) is 0 Å². The number of benzene rings is 2. The number of carbonyl (C=O) groups excluding carboxylic acids is 1. The number of para-hydroxylation sites is 1. The number of carbonyl (C=O) groups is 1. The molecule has 0 aliphatic heterocycles. The van der Waals surface area contributed by atoms with Crippen LogP contribution >= 0.6 is 0 Å². The molecule has 116 valence electrons. The van der Waals surface area contributed by atoms with Crippen molar-refractivity contribution in [2.45, 2.75) is 13.5 Å². The van der Waals surface area contributed by atoms with E-state index in [1.165, 1.54) is 0 Å². The molecule has 0 heterocycles. The smallest absolute Gasteiger partial charge is 0.238 e. The molecule has 0 saturated carbocycles. The van der Waals surface area contributed by atoms with Crippen LogP contribution in [0, 0.1) is 6.92 Å². The zero-order valence-corrected chi connectivity index (χ0v) is 13.3. The Hall–Kier alpha value is -2.33. The van der Waals surface area contributed by atoms with E-state index in [1.54, 1.807) is 7.11 Å². The lowest BCUT2D eigenvalue weighted by Gasteiger charge is -2.17. The normalized spacial score (nSPS) is 10.5. The Labute approximate surface area is 131 Å². The van der Waals surface area contributed by atoms with E-state index in [4.69, 9.17) is 4.74 Å². The van der Waals surface area contributed by atoms with Gasteiger partial charge in [-0.3, -0.25) is 9.69 Å². The first-order valence-electron chi connectivity index (χ1n) is 7.25. The highest BCUT2D eigenvalue weighted by Crippen LogP contribution is 2.14. The molecule has 0 unspecified atom stereocenters. The number of methoxy groups -OCH3 is 1. The molecule has 2 aromatic rings. The molecule has 0 bridgehead atoms. The van der Waals surface area contributed by atoms with Crippen molar-refractivity contribution in [1.29, 1.82) is 0 Å². The van der Waals surface area contributed by atoms with Crippen molar-refractivity contribution < 1.29 is 9.53 Å². The lowest BCUT2D eigenvalue weighted by atomic mass is 10.2. The zero-order chi connectivity index (χ0) is 15.9. The number of aryl methyl sites for hydroxylation is 1. The molecule has 2 rings (SSSR count). The highest BCUT2D eigenvalue weighted by Gasteiger charge is 2.08. The average molecular weight is 298 g/mol. The van der Waals surface area contributed by atoms with Gasteiger partial charge in [-0.15, -0.1) is 0 Å². The summed E-state index contributed by atoms with van der Waals surface area (Å²) >= 11 is 0. The van der Waals surface area contributed by atoms with Crippen molar-refractivity contribution in [1.82, 2.24) is 4.90 Å². The topological polar surface area (TPSA) is 41.6 Å². The van der Waals surface area contributed by atoms with Crippen LogP contribution in [0.25, 0.3) is 0 Å². The first-order chi connectivity index (χ1) is 10.6. The molecule has 0 radical (unpaired) electrons. The molecule has 0 saturated heterocycles. The standard InChI is InChI=1S/C18H22N2O2/c1-14-6-4-5-7-17(14)19-18(21)13-20(2)12-15-8-10-16(22-3)11-9-15/h4-11H,12-13H2,1-3H3,(H,19,21). The number of nitrogens with zero attached hydrogens (tertiary/aromatic N) is 1. The fourth-order valence-corrected chi connectivity index (χ4v) is 2.25. The Morgan fingerprint density at radius 1 is 1.14 bits per heavy atom. The second kappa shape index (κ2) is 7.61. The second-order valence-electron chi connectivity index (χ2n) is 5.38. The van der Waals surface area contributed by atoms with Gasteiger partial charge in [-0.2, -0.15) is 0 Å². The Balaban J connectivity index is 1.87. The number of rotatable bonds is 6. The van der Waals surface area contributed by atoms with Gasteiger partial charge in [-0.1, -0.05) is 30.3 Å². The number of amides is 1. The van der Waals surface area contributed by atoms with Gasteiger partial charge >= 0.3 is 0 Å². The lowest BCUT2D eigenvalue weighted by molar-refractivity contribution is -0.117. The van der Waals surface area contributed by atoms with Crippen LogP contribution in [0.5, 0.6) is 5.75 Å². The summed E-state index contributed by atoms with van der Waals surface area (Å²) in [7, 11) is 3.58. The first-order valence-corrected chi connectivity index (χ1v) is 7.25. The molecule has 1 N–H and O–H groups in total. The first kappa shape index (κ1) is 16.0. The fraction of sp³-hybridized carbons (Fsp3) is 0.278. The Bertz CT molecular complexity index is 623. The predicted octanol–water partition coefficient (Wildman–Crippen LogP) is 3.07. The van der Waals surface area contributed by atoms with Crippen LogP contribution in [-0.4, -0.2) is 31.5 Å². The number of hydrogen-bond donors (Lipinski definition) is 1. The van der Waals surface area contributed by atoms with Gasteiger partial charge in [0.1, 0.15) is 5.75 Å². The minimum atomic E-state index is -0.00897. The van der Waals surface area contributed by atoms with Crippen LogP contribution in [0.4, 0.5) is 5.69 Å². The predicted molar refractivity (Wildman–Crippen MR) is 89.1 cm³/mol. The van der Waals surface area contributed by atoms with Crippen LogP contribution < -0.4 is 10.1 Å². The number of likely N-dealkylation sites (N-methyl/N-ethyl adjacent to an activating group) is 1. The number of nitrogens with one attached hydrogen (secondary N) is 1. The molecule has 4 heteroatoms. The summed E-state index contributed by atoms with van der Waals surface area (Å²) in [4.78, 5) is 14.1. The third-order valence-electron chi connectivity index (χ3n) is 3.44. The molecule has 0 aliphatic carbocycles. The molecule has 4 nitrogen and oxygen atoms in total. The molecular weight excluding hydrogens is 276 g/mol. The summed E-state index contributed by atoms with van der Waals surface area (Å²) in [5, 5.41) is 2.94. The van der Waals surface area contributed by atoms with Gasteiger partial charge in [0.2, 0.25) is 5.91 Å². The third-order valence-corrected chi connectivity index (χ3v) is 3.44. The summed E-state index contributed by atoms with van der Waals surface area (Å²) in [6.07, 6.45) is 0. The quantitative estimate of drug-likeness (QED) is 0.891. The molecule has 0 aliphatic rings. The molecule has 2 aromatic carbocycles. The highest BCUT2D eigenvalue weighted by molar-refractivity contribution is 5.92. The Morgan fingerprint density at radius 3 is 2.45 bits per heavy atom. The second-order valence-corrected chi connectivity index (χ2v) is 5.38. The van der Waals surface area contributed by atoms with Crippen molar-refractivity contribution in [2.24, 2.45) is 0 Å². The number of anilines is 1. The zero-order valence-electron chi connectivity index (χ0n) is 13.3. The van der Waals surface area contributed by atoms with Gasteiger partial charge in [0.25, 0.3) is 0 Å². The van der Waals surface area contributed by atoms with Gasteiger partial charge < -0.3 is 10.1 Å². The summed E-state index contributed by atoms with van der Waals surface area (Å²) in [5.74, 6) is 0.828. The van der Waals surface area contributed by atoms with Crippen LogP contribution in [0.3, 0.4) is 0 Å². The number of hydrogen-bond acceptors (Lipinski definition) is 3. The van der Waals surface area contributed by atoms with E-state index in [-0.39, 0.29) is 5.91 Å². The molecule has 0 spiro atoms. The fourth-order valence-electron chi connectivity index (χ4n) is 2.25. The van der Waals surface area contributed by atoms with Gasteiger partial charge in [0.05, 0.1) is 13.7 Å². The Kier molecular flexibility index (Phi) is 5.55. The molecule has 0 aromatic heterocycles. The van der Waals surface area contributed by atoms with Crippen LogP contribution in [-0.2, 0) is 11.3 Å². The van der Waals surface area contributed by atoms with E-state index in [1.807, 2.05) is 67.4 Å². The summed E-state index contributed by atoms with van der Waals surface area (Å²) < 4.78 is 5.14. The minimum absolute atomic E-state index is 0.00897. The minimum Gasteiger partial charge on any atom is -0.497 e. The van der Waals surface area contributed by atoms with Crippen molar-refractivity contribution in [2.75, 3.05) is 26.0 Å². The van der Waals surface area contributed by atoms with E-state index >= 15 is 0 Å². The largest absolute Gasteiger partial charge is 0.497 e. The highest BCUT2D eigenvalue weighted by atomic mass is 16.5. The van der Waals surface area contributed by atoms with Gasteiger partial charge in [-0.05, 0) is 43.3 Å². The molecule has 1 amide bonds. The maximum atomic E-state index is 12.1. The van der Waals surface area contributed by atoms with E-state index in [2.05, 4.69) is 5.32 Å². The maximum Gasteiger partial charge on any atom is 0.238 e. The average Bonchev–Trinajstić information content (AvgIpc) is 2.50. The van der Waals surface area contributed by atoms with E-state index < -0.39 is 0 Å². The number of ether oxygens (including phenoxy) is 1. The lowest BCUT2D eigenvalue weighted by Crippen LogP contribution is -2.30. The van der Waals surface area contributed by atoms with E-state index in [0.717, 1.165) is 22.6 Å². The van der Waals surface area contributed by atoms with Gasteiger partial charge in [-0.25, -0.2) is 0 Å². The molecular formula is C18H22N2O2. The van der Waals surface area contributed by atoms with E-state index in [9.17, 15) is 4.79 Å². The van der Waals surface area contributed by atoms with Crippen LogP contribution in [0.15, 0.2) is 48.5 Å². The summed E-state index contributed by atoms with van der Waals surface area (Å²) in [6.45, 7) is 3.04. The van der Waals surface area contributed by atoms with Gasteiger partial charge in [0, 0.05) is 12.2 Å². The van der Waals surface area contributed by atoms with Gasteiger partial charge in [0.15, 0.2) is 0 Å². The molecule has 0 fully saturated rings. The monoisotopic (exact) mass is 298 g/mol. The van der Waals surface area contributed by atoms with Crippen molar-refractivity contribution in [3.63, 3.8) is 0 Å². The van der Waals surface area contributed by atoms with Crippen molar-refractivity contribution in [3.05, 3.63) is 59.7 Å².